The lowest BCUT2D eigenvalue weighted by Gasteiger charge is -2.27. The van der Waals surface area contributed by atoms with E-state index in [-0.39, 0.29) is 5.54 Å². The van der Waals surface area contributed by atoms with Gasteiger partial charge >= 0.3 is 0 Å². The van der Waals surface area contributed by atoms with Gasteiger partial charge in [0.1, 0.15) is 0 Å². The van der Waals surface area contributed by atoms with E-state index in [1.165, 1.54) is 0 Å². The molecule has 1 aromatic carbocycles. The Morgan fingerprint density at radius 3 is 2.87 bits per heavy atom. The molecule has 78 valence electrons. The highest BCUT2D eigenvalue weighted by atomic mass is 16.1. The Morgan fingerprint density at radius 2 is 2.20 bits per heavy atom. The molecule has 1 aliphatic rings. The van der Waals surface area contributed by atoms with Gasteiger partial charge in [0.25, 0.3) is 0 Å². The second-order valence-electron chi connectivity index (χ2n) is 4.20. The third kappa shape index (κ3) is 1.83. The molecule has 4 heteroatoms. The predicted octanol–water partition coefficient (Wildman–Crippen LogP) is 1.69. The van der Waals surface area contributed by atoms with Crippen LogP contribution >= 0.6 is 0 Å². The SMILES string of the molecule is CC1(C)C=Nc2ccc(C(N)=O)cc2N1. The quantitative estimate of drug-likeness (QED) is 0.729. The van der Waals surface area contributed by atoms with Crippen LogP contribution in [0.25, 0.3) is 0 Å². The number of primary amides is 1. The van der Waals surface area contributed by atoms with Gasteiger partial charge in [0, 0.05) is 11.8 Å². The summed E-state index contributed by atoms with van der Waals surface area (Å²) in [5.74, 6) is -0.424. The second-order valence-corrected chi connectivity index (χ2v) is 4.20. The number of amides is 1. The average molecular weight is 203 g/mol. The lowest BCUT2D eigenvalue weighted by Crippen LogP contribution is -2.34. The van der Waals surface area contributed by atoms with Crippen LogP contribution in [0, 0.1) is 0 Å². The summed E-state index contributed by atoms with van der Waals surface area (Å²) < 4.78 is 0. The van der Waals surface area contributed by atoms with Gasteiger partial charge in [0.2, 0.25) is 5.91 Å². The maximum Gasteiger partial charge on any atom is 0.248 e. The van der Waals surface area contributed by atoms with Gasteiger partial charge in [-0.25, -0.2) is 0 Å². The molecule has 1 heterocycles. The van der Waals surface area contributed by atoms with Crippen molar-refractivity contribution in [1.82, 2.24) is 0 Å². The average Bonchev–Trinajstić information content (AvgIpc) is 2.15. The molecule has 0 bridgehead atoms. The van der Waals surface area contributed by atoms with Crippen LogP contribution in [-0.4, -0.2) is 17.7 Å². The number of hydrogen-bond acceptors (Lipinski definition) is 3. The van der Waals surface area contributed by atoms with Crippen molar-refractivity contribution in [2.45, 2.75) is 19.4 Å². The highest BCUT2D eigenvalue weighted by Crippen LogP contribution is 2.31. The summed E-state index contributed by atoms with van der Waals surface area (Å²) in [6.07, 6.45) is 1.85. The molecule has 0 spiro atoms. The van der Waals surface area contributed by atoms with Crippen molar-refractivity contribution in [2.24, 2.45) is 10.7 Å². The standard InChI is InChI=1S/C11H13N3O/c1-11(2)6-13-8-4-3-7(10(12)15)5-9(8)14-11/h3-6,14H,1-2H3,(H2,12,15). The molecule has 0 saturated carbocycles. The van der Waals surface area contributed by atoms with Crippen LogP contribution in [-0.2, 0) is 0 Å². The van der Waals surface area contributed by atoms with E-state index in [0.29, 0.717) is 5.56 Å². The van der Waals surface area contributed by atoms with E-state index in [1.54, 1.807) is 18.2 Å². The maximum absolute atomic E-state index is 11.0. The number of aliphatic imine (C=N–C) groups is 1. The number of fused-ring (bicyclic) bond motifs is 1. The molecule has 0 atom stereocenters. The van der Waals surface area contributed by atoms with Gasteiger partial charge < -0.3 is 11.1 Å². The van der Waals surface area contributed by atoms with Crippen LogP contribution in [0.2, 0.25) is 0 Å². The molecular weight excluding hydrogens is 190 g/mol. The minimum absolute atomic E-state index is 0.191. The van der Waals surface area contributed by atoms with E-state index in [2.05, 4.69) is 10.3 Å². The topological polar surface area (TPSA) is 67.5 Å². The van der Waals surface area contributed by atoms with Crippen LogP contribution in [0.15, 0.2) is 23.2 Å². The number of rotatable bonds is 1. The van der Waals surface area contributed by atoms with E-state index in [1.807, 2.05) is 20.1 Å². The third-order valence-corrected chi connectivity index (χ3v) is 2.26. The van der Waals surface area contributed by atoms with Crippen molar-refractivity contribution in [2.75, 3.05) is 5.32 Å². The Morgan fingerprint density at radius 1 is 1.47 bits per heavy atom. The van der Waals surface area contributed by atoms with Crippen molar-refractivity contribution in [3.05, 3.63) is 23.8 Å². The lowest BCUT2D eigenvalue weighted by molar-refractivity contribution is 0.100. The van der Waals surface area contributed by atoms with E-state index in [4.69, 9.17) is 5.73 Å². The Bertz CT molecular complexity index is 449. The van der Waals surface area contributed by atoms with Crippen LogP contribution in [0.4, 0.5) is 11.4 Å². The summed E-state index contributed by atoms with van der Waals surface area (Å²) in [7, 11) is 0. The fraction of sp³-hybridized carbons (Fsp3) is 0.273. The zero-order chi connectivity index (χ0) is 11.1. The molecule has 0 fully saturated rings. The van der Waals surface area contributed by atoms with Gasteiger partial charge in [-0.15, -0.1) is 0 Å². The monoisotopic (exact) mass is 203 g/mol. The minimum Gasteiger partial charge on any atom is -0.373 e. The first-order valence-corrected chi connectivity index (χ1v) is 4.75. The normalized spacial score (nSPS) is 16.7. The molecule has 0 unspecified atom stereocenters. The Labute approximate surface area is 88.2 Å². The van der Waals surface area contributed by atoms with Crippen LogP contribution < -0.4 is 11.1 Å². The number of nitrogens with one attached hydrogen (secondary N) is 1. The number of benzene rings is 1. The molecule has 4 nitrogen and oxygen atoms in total. The Kier molecular flexibility index (Phi) is 2.00. The summed E-state index contributed by atoms with van der Waals surface area (Å²) in [4.78, 5) is 15.3. The smallest absolute Gasteiger partial charge is 0.248 e. The zero-order valence-electron chi connectivity index (χ0n) is 8.74. The molecule has 1 amide bonds. The number of nitrogens with two attached hydrogens (primary N) is 1. The number of hydrogen-bond donors (Lipinski definition) is 2. The van der Waals surface area contributed by atoms with E-state index < -0.39 is 5.91 Å². The van der Waals surface area contributed by atoms with Crippen molar-refractivity contribution < 1.29 is 4.79 Å². The summed E-state index contributed by atoms with van der Waals surface area (Å²) in [6.45, 7) is 4.02. The predicted molar refractivity (Wildman–Crippen MR) is 60.8 cm³/mol. The summed E-state index contributed by atoms with van der Waals surface area (Å²) in [6, 6.07) is 5.20. The first-order valence-electron chi connectivity index (χ1n) is 4.75. The van der Waals surface area contributed by atoms with Crippen LogP contribution in [0.1, 0.15) is 24.2 Å². The number of anilines is 1. The van der Waals surface area contributed by atoms with E-state index in [0.717, 1.165) is 11.4 Å². The molecule has 15 heavy (non-hydrogen) atoms. The first-order chi connectivity index (χ1) is 6.98. The van der Waals surface area contributed by atoms with Gasteiger partial charge in [-0.1, -0.05) is 0 Å². The lowest BCUT2D eigenvalue weighted by atomic mass is 10.0. The first kappa shape index (κ1) is 9.71. The largest absolute Gasteiger partial charge is 0.373 e. The molecule has 2 rings (SSSR count). The van der Waals surface area contributed by atoms with Crippen LogP contribution in [0.3, 0.4) is 0 Å². The van der Waals surface area contributed by atoms with Crippen molar-refractivity contribution >= 4 is 23.5 Å². The molecule has 3 N–H and O–H groups in total. The minimum atomic E-state index is -0.424. The molecule has 0 aliphatic carbocycles. The van der Waals surface area contributed by atoms with E-state index in [9.17, 15) is 4.79 Å². The van der Waals surface area contributed by atoms with Crippen molar-refractivity contribution in [3.63, 3.8) is 0 Å². The van der Waals surface area contributed by atoms with Crippen molar-refractivity contribution in [3.8, 4) is 0 Å². The van der Waals surface area contributed by atoms with Gasteiger partial charge in [0.05, 0.1) is 16.9 Å². The molecule has 0 saturated heterocycles. The van der Waals surface area contributed by atoms with Crippen molar-refractivity contribution in [1.29, 1.82) is 0 Å². The van der Waals surface area contributed by atoms with Gasteiger partial charge in [0.15, 0.2) is 0 Å². The van der Waals surface area contributed by atoms with Gasteiger partial charge in [-0.2, -0.15) is 0 Å². The fourth-order valence-electron chi connectivity index (χ4n) is 1.51. The Hall–Kier alpha value is -1.84. The number of carbonyl (C=O) groups excluding carboxylic acids is 1. The molecule has 1 aromatic rings. The number of nitrogens with zero attached hydrogens (tertiary/aromatic N) is 1. The van der Waals surface area contributed by atoms with Gasteiger partial charge in [-0.3, -0.25) is 9.79 Å². The summed E-state index contributed by atoms with van der Waals surface area (Å²) in [5, 5.41) is 3.27. The molecular formula is C11H13N3O. The summed E-state index contributed by atoms with van der Waals surface area (Å²) in [5.41, 5.74) is 7.19. The number of carbonyl (C=O) groups is 1. The molecule has 1 aliphatic heterocycles. The highest BCUT2D eigenvalue weighted by molar-refractivity contribution is 5.96. The molecule has 0 aromatic heterocycles. The van der Waals surface area contributed by atoms with E-state index >= 15 is 0 Å². The second kappa shape index (κ2) is 3.08. The Balaban J connectivity index is 2.46. The highest BCUT2D eigenvalue weighted by Gasteiger charge is 2.20. The van der Waals surface area contributed by atoms with Gasteiger partial charge in [-0.05, 0) is 32.0 Å². The molecule has 0 radical (unpaired) electrons. The van der Waals surface area contributed by atoms with Crippen LogP contribution in [0.5, 0.6) is 0 Å². The maximum atomic E-state index is 11.0. The fourth-order valence-corrected chi connectivity index (χ4v) is 1.51. The summed E-state index contributed by atoms with van der Waals surface area (Å²) >= 11 is 0. The third-order valence-electron chi connectivity index (χ3n) is 2.26. The zero-order valence-corrected chi connectivity index (χ0v) is 8.74.